The molecule has 3 heterocycles. The van der Waals surface area contributed by atoms with E-state index in [1.165, 1.54) is 27.5 Å². The van der Waals surface area contributed by atoms with E-state index in [0.717, 1.165) is 10.6 Å². The number of benzene rings is 2. The second-order valence-electron chi connectivity index (χ2n) is 7.41. The topological polar surface area (TPSA) is 95.8 Å². The molecule has 0 radical (unpaired) electrons. The lowest BCUT2D eigenvalue weighted by Gasteiger charge is -2.18. The minimum absolute atomic E-state index is 0.219. The Labute approximate surface area is 189 Å². The van der Waals surface area contributed by atoms with Gasteiger partial charge in [-0.05, 0) is 19.1 Å². The first kappa shape index (κ1) is 20.5. The van der Waals surface area contributed by atoms with Crippen LogP contribution < -0.4 is 19.1 Å². The Hall–Kier alpha value is -4.40. The molecule has 33 heavy (non-hydrogen) atoms. The fraction of sp³-hybridized carbons (Fsp3) is 0.167. The van der Waals surface area contributed by atoms with Crippen molar-refractivity contribution in [2.75, 3.05) is 26.2 Å². The van der Waals surface area contributed by atoms with Crippen LogP contribution in [0.1, 0.15) is 26.4 Å². The Morgan fingerprint density at radius 2 is 1.52 bits per heavy atom. The summed E-state index contributed by atoms with van der Waals surface area (Å²) >= 11 is 0. The number of nitrogens with zero attached hydrogens (tertiary/aromatic N) is 4. The van der Waals surface area contributed by atoms with Gasteiger partial charge in [0.25, 0.3) is 11.8 Å². The maximum absolute atomic E-state index is 13.6. The van der Waals surface area contributed by atoms with Crippen LogP contribution >= 0.6 is 0 Å². The van der Waals surface area contributed by atoms with Crippen LogP contribution in [-0.2, 0) is 0 Å². The molecule has 0 aliphatic carbocycles. The molecule has 1 aliphatic heterocycles. The van der Waals surface area contributed by atoms with Gasteiger partial charge in [-0.15, -0.1) is 0 Å². The average Bonchev–Trinajstić information content (AvgIpc) is 3.32. The lowest BCUT2D eigenvalue weighted by atomic mass is 10.1. The van der Waals surface area contributed by atoms with E-state index in [0.29, 0.717) is 39.7 Å². The van der Waals surface area contributed by atoms with Crippen LogP contribution in [0.3, 0.4) is 0 Å². The van der Waals surface area contributed by atoms with Crippen LogP contribution in [0.25, 0.3) is 16.7 Å². The summed E-state index contributed by atoms with van der Waals surface area (Å²) in [5.41, 5.74) is 2.71. The van der Waals surface area contributed by atoms with Crippen LogP contribution in [0.4, 0.5) is 5.69 Å². The summed E-state index contributed by atoms with van der Waals surface area (Å²) < 4.78 is 17.8. The summed E-state index contributed by atoms with van der Waals surface area (Å²) in [6.07, 6.45) is 1.43. The molecular formula is C24H20N4O5. The van der Waals surface area contributed by atoms with Crippen molar-refractivity contribution >= 4 is 28.5 Å². The third-order valence-corrected chi connectivity index (χ3v) is 5.63. The van der Waals surface area contributed by atoms with Crippen molar-refractivity contribution < 1.29 is 23.8 Å². The van der Waals surface area contributed by atoms with Gasteiger partial charge in [-0.3, -0.25) is 9.59 Å². The number of methoxy groups -OCH3 is 3. The second kappa shape index (κ2) is 7.63. The lowest BCUT2D eigenvalue weighted by Crippen LogP contribution is -2.29. The molecule has 0 spiro atoms. The number of aryl methyl sites for hydroxylation is 1. The normalized spacial score (nSPS) is 12.9. The zero-order valence-electron chi connectivity index (χ0n) is 18.4. The smallest absolute Gasteiger partial charge is 0.267 e. The first-order valence-electron chi connectivity index (χ1n) is 10.1. The Kier molecular flexibility index (Phi) is 4.74. The van der Waals surface area contributed by atoms with Crippen molar-refractivity contribution in [3.05, 3.63) is 65.5 Å². The van der Waals surface area contributed by atoms with Gasteiger partial charge in [-0.25, -0.2) is 14.6 Å². The molecule has 0 atom stereocenters. The van der Waals surface area contributed by atoms with Crippen molar-refractivity contribution in [3.8, 4) is 22.9 Å². The van der Waals surface area contributed by atoms with Gasteiger partial charge < -0.3 is 14.2 Å². The molecule has 0 saturated carbocycles. The first-order valence-corrected chi connectivity index (χ1v) is 10.1. The number of hydrogen-bond donors (Lipinski definition) is 0. The van der Waals surface area contributed by atoms with Gasteiger partial charge >= 0.3 is 0 Å². The molecule has 4 aromatic rings. The van der Waals surface area contributed by atoms with Crippen LogP contribution in [0.2, 0.25) is 0 Å². The highest BCUT2D eigenvalue weighted by Gasteiger charge is 2.40. The molecule has 0 fully saturated rings. The fourth-order valence-electron chi connectivity index (χ4n) is 4.14. The monoisotopic (exact) mass is 444 g/mol. The molecular weight excluding hydrogens is 424 g/mol. The molecule has 5 rings (SSSR count). The molecule has 0 unspecified atom stereocenters. The summed E-state index contributed by atoms with van der Waals surface area (Å²) in [7, 11) is 4.42. The second-order valence-corrected chi connectivity index (χ2v) is 7.41. The molecule has 166 valence electrons. The largest absolute Gasteiger partial charge is 0.493 e. The predicted molar refractivity (Wildman–Crippen MR) is 121 cm³/mol. The minimum Gasteiger partial charge on any atom is -0.493 e. The highest BCUT2D eigenvalue weighted by molar-refractivity contribution is 6.37. The van der Waals surface area contributed by atoms with Gasteiger partial charge in [0, 0.05) is 18.3 Å². The number of carbonyl (C=O) groups is 2. The number of rotatable bonds is 5. The van der Waals surface area contributed by atoms with Gasteiger partial charge in [-0.2, -0.15) is 5.10 Å². The number of amides is 2. The Balaban J connectivity index is 1.69. The zero-order valence-corrected chi connectivity index (χ0v) is 18.4. The van der Waals surface area contributed by atoms with Crippen molar-refractivity contribution in [2.24, 2.45) is 0 Å². The first-order chi connectivity index (χ1) is 16.0. The van der Waals surface area contributed by atoms with Crippen molar-refractivity contribution in [1.82, 2.24) is 14.8 Å². The van der Waals surface area contributed by atoms with Crippen molar-refractivity contribution in [1.29, 1.82) is 0 Å². The van der Waals surface area contributed by atoms with Gasteiger partial charge in [0.2, 0.25) is 5.75 Å². The Morgan fingerprint density at radius 3 is 2.12 bits per heavy atom. The summed E-state index contributed by atoms with van der Waals surface area (Å²) in [4.78, 5) is 32.5. The average molecular weight is 444 g/mol. The van der Waals surface area contributed by atoms with Crippen LogP contribution in [0.5, 0.6) is 17.2 Å². The Morgan fingerprint density at radius 1 is 0.848 bits per heavy atom. The lowest BCUT2D eigenvalue weighted by molar-refractivity contribution is 0.0926. The number of carbonyl (C=O) groups excluding carboxylic acids is 2. The fourth-order valence-corrected chi connectivity index (χ4v) is 4.14. The van der Waals surface area contributed by atoms with Crippen LogP contribution in [0, 0.1) is 6.92 Å². The number of imide groups is 1. The highest BCUT2D eigenvalue weighted by Crippen LogP contribution is 2.43. The van der Waals surface area contributed by atoms with E-state index in [2.05, 4.69) is 10.1 Å². The highest BCUT2D eigenvalue weighted by atomic mass is 16.5. The van der Waals surface area contributed by atoms with E-state index in [-0.39, 0.29) is 11.1 Å². The van der Waals surface area contributed by atoms with Crippen molar-refractivity contribution in [2.45, 2.75) is 6.92 Å². The SMILES string of the molecule is COc1cc(N2C(=O)c3cnc4c(c(C)nn4-c4ccccc4)c3C2=O)cc(OC)c1OC. The van der Waals surface area contributed by atoms with E-state index in [9.17, 15) is 9.59 Å². The van der Waals surface area contributed by atoms with E-state index in [1.54, 1.807) is 23.7 Å². The van der Waals surface area contributed by atoms with E-state index in [1.807, 2.05) is 30.3 Å². The van der Waals surface area contributed by atoms with Crippen LogP contribution in [0.15, 0.2) is 48.7 Å². The molecule has 9 nitrogen and oxygen atoms in total. The minimum atomic E-state index is -0.481. The quantitative estimate of drug-likeness (QED) is 0.434. The summed E-state index contributed by atoms with van der Waals surface area (Å²) in [6, 6.07) is 12.6. The Bertz CT molecular complexity index is 1400. The summed E-state index contributed by atoms with van der Waals surface area (Å²) in [5, 5.41) is 5.13. The number of pyridine rings is 1. The number of aromatic nitrogens is 3. The van der Waals surface area contributed by atoms with E-state index < -0.39 is 11.8 Å². The maximum Gasteiger partial charge on any atom is 0.267 e. The molecule has 1 aliphatic rings. The molecule has 2 aromatic heterocycles. The molecule has 0 bridgehead atoms. The molecule has 0 N–H and O–H groups in total. The van der Waals surface area contributed by atoms with Gasteiger partial charge in [0.15, 0.2) is 17.1 Å². The third kappa shape index (κ3) is 2.93. The molecule has 9 heteroatoms. The number of fused-ring (bicyclic) bond motifs is 3. The van der Waals surface area contributed by atoms with Gasteiger partial charge in [0.05, 0.1) is 54.9 Å². The predicted octanol–water partition coefficient (Wildman–Crippen LogP) is 3.56. The number of para-hydroxylation sites is 1. The summed E-state index contributed by atoms with van der Waals surface area (Å²) in [6.45, 7) is 1.80. The summed E-state index contributed by atoms with van der Waals surface area (Å²) in [5.74, 6) is 0.0850. The number of hydrogen-bond acceptors (Lipinski definition) is 7. The molecule has 2 aromatic carbocycles. The van der Waals surface area contributed by atoms with E-state index in [4.69, 9.17) is 14.2 Å². The number of anilines is 1. The maximum atomic E-state index is 13.6. The van der Waals surface area contributed by atoms with Gasteiger partial charge in [0.1, 0.15) is 0 Å². The van der Waals surface area contributed by atoms with Crippen molar-refractivity contribution in [3.63, 3.8) is 0 Å². The number of ether oxygens (including phenoxy) is 3. The third-order valence-electron chi connectivity index (χ3n) is 5.63. The molecule has 0 saturated heterocycles. The van der Waals surface area contributed by atoms with Crippen LogP contribution in [-0.4, -0.2) is 47.9 Å². The van der Waals surface area contributed by atoms with E-state index >= 15 is 0 Å². The van der Waals surface area contributed by atoms with Gasteiger partial charge in [-0.1, -0.05) is 18.2 Å². The zero-order chi connectivity index (χ0) is 23.3. The standard InChI is InChI=1S/C24H20N4O5/c1-13-19-20-16(12-25-22(19)28(26-13)14-8-6-5-7-9-14)23(29)27(24(20)30)15-10-17(31-2)21(33-4)18(11-15)32-3/h5-12H,1-4H3. The molecule has 2 amide bonds.